The van der Waals surface area contributed by atoms with Gasteiger partial charge >= 0.3 is 6.03 Å². The summed E-state index contributed by atoms with van der Waals surface area (Å²) in [6.07, 6.45) is 3.86. The van der Waals surface area contributed by atoms with Gasteiger partial charge in [-0.2, -0.15) is 11.3 Å². The molecule has 1 aliphatic heterocycles. The predicted molar refractivity (Wildman–Crippen MR) is 84.2 cm³/mol. The molecule has 0 radical (unpaired) electrons. The second-order valence-corrected chi connectivity index (χ2v) is 6.11. The van der Waals surface area contributed by atoms with Gasteiger partial charge in [-0.3, -0.25) is 4.98 Å². The van der Waals surface area contributed by atoms with Crippen LogP contribution >= 0.6 is 11.3 Å². The van der Waals surface area contributed by atoms with Crippen LogP contribution in [0.1, 0.15) is 43.1 Å². The van der Waals surface area contributed by atoms with Crippen molar-refractivity contribution in [2.24, 2.45) is 0 Å². The first kappa shape index (κ1) is 14.1. The molecule has 1 aliphatic rings. The Hall–Kier alpha value is -1.88. The highest BCUT2D eigenvalue weighted by Gasteiger charge is 2.30. The second kappa shape index (κ2) is 6.26. The lowest BCUT2D eigenvalue weighted by atomic mass is 10.1. The van der Waals surface area contributed by atoms with Crippen molar-refractivity contribution in [1.29, 1.82) is 0 Å². The average Bonchev–Trinajstić information content (AvgIpc) is 3.18. The standard InChI is InChI=1S/C16H19N3OS/c1-12(14-5-2-3-8-17-14)18-16(20)19-9-4-6-15(19)13-7-10-21-11-13/h2-3,5,7-8,10-12,15H,4,6,9H2,1H3,(H,18,20)/t12-,15-/m0/s1. The third kappa shape index (κ3) is 3.08. The van der Waals surface area contributed by atoms with Gasteiger partial charge in [0.1, 0.15) is 0 Å². The fourth-order valence-corrected chi connectivity index (χ4v) is 3.50. The second-order valence-electron chi connectivity index (χ2n) is 5.33. The number of carbonyl (C=O) groups is 1. The van der Waals surface area contributed by atoms with Crippen LogP contribution < -0.4 is 5.32 Å². The van der Waals surface area contributed by atoms with E-state index in [2.05, 4.69) is 27.1 Å². The summed E-state index contributed by atoms with van der Waals surface area (Å²) in [6.45, 7) is 2.79. The topological polar surface area (TPSA) is 45.2 Å². The van der Waals surface area contributed by atoms with Crippen LogP contribution in [0.2, 0.25) is 0 Å². The van der Waals surface area contributed by atoms with Gasteiger partial charge in [0, 0.05) is 12.7 Å². The van der Waals surface area contributed by atoms with E-state index in [4.69, 9.17) is 0 Å². The number of pyridine rings is 1. The maximum Gasteiger partial charge on any atom is 0.318 e. The van der Waals surface area contributed by atoms with E-state index in [1.54, 1.807) is 17.5 Å². The van der Waals surface area contributed by atoms with E-state index in [-0.39, 0.29) is 18.1 Å². The molecule has 21 heavy (non-hydrogen) atoms. The Balaban J connectivity index is 1.67. The van der Waals surface area contributed by atoms with Crippen LogP contribution in [0.15, 0.2) is 41.2 Å². The zero-order valence-electron chi connectivity index (χ0n) is 12.0. The zero-order chi connectivity index (χ0) is 14.7. The van der Waals surface area contributed by atoms with Crippen LogP contribution in [0.4, 0.5) is 4.79 Å². The Morgan fingerprint density at radius 2 is 2.38 bits per heavy atom. The summed E-state index contributed by atoms with van der Waals surface area (Å²) >= 11 is 1.68. The van der Waals surface area contributed by atoms with E-state index in [0.717, 1.165) is 25.1 Å². The Bertz CT molecular complexity index is 585. The molecule has 2 atom stereocenters. The zero-order valence-corrected chi connectivity index (χ0v) is 12.8. The van der Waals surface area contributed by atoms with Crippen LogP contribution in [0, 0.1) is 0 Å². The Kier molecular flexibility index (Phi) is 4.20. The van der Waals surface area contributed by atoms with E-state index in [9.17, 15) is 4.79 Å². The number of nitrogens with one attached hydrogen (secondary N) is 1. The van der Waals surface area contributed by atoms with Gasteiger partial charge in [-0.05, 0) is 54.3 Å². The number of urea groups is 1. The molecule has 0 unspecified atom stereocenters. The van der Waals surface area contributed by atoms with E-state index in [1.807, 2.05) is 30.0 Å². The Morgan fingerprint density at radius 1 is 1.48 bits per heavy atom. The molecule has 0 saturated carbocycles. The fourth-order valence-electron chi connectivity index (χ4n) is 2.80. The molecule has 0 aliphatic carbocycles. The van der Waals surface area contributed by atoms with E-state index in [0.29, 0.717) is 0 Å². The highest BCUT2D eigenvalue weighted by Crippen LogP contribution is 2.33. The number of thiophene rings is 1. The lowest BCUT2D eigenvalue weighted by Crippen LogP contribution is -2.40. The predicted octanol–water partition coefficient (Wildman–Crippen LogP) is 3.75. The molecule has 3 rings (SSSR count). The van der Waals surface area contributed by atoms with Crippen molar-refractivity contribution in [2.45, 2.75) is 31.8 Å². The van der Waals surface area contributed by atoms with Crippen LogP contribution in [-0.4, -0.2) is 22.5 Å². The Labute approximate surface area is 128 Å². The van der Waals surface area contributed by atoms with Crippen LogP contribution in [-0.2, 0) is 0 Å². The molecule has 1 N–H and O–H groups in total. The highest BCUT2D eigenvalue weighted by atomic mass is 32.1. The van der Waals surface area contributed by atoms with E-state index in [1.165, 1.54) is 5.56 Å². The van der Waals surface area contributed by atoms with Gasteiger partial charge in [-0.1, -0.05) is 6.07 Å². The summed E-state index contributed by atoms with van der Waals surface area (Å²) in [6, 6.07) is 8.01. The van der Waals surface area contributed by atoms with Gasteiger partial charge in [-0.15, -0.1) is 0 Å². The van der Waals surface area contributed by atoms with Gasteiger partial charge < -0.3 is 10.2 Å². The summed E-state index contributed by atoms with van der Waals surface area (Å²) in [5, 5.41) is 7.26. The molecule has 110 valence electrons. The molecular formula is C16H19N3OS. The molecule has 3 heterocycles. The number of amides is 2. The summed E-state index contributed by atoms with van der Waals surface area (Å²) in [7, 11) is 0. The molecule has 2 aromatic heterocycles. The molecule has 2 aromatic rings. The number of rotatable bonds is 3. The van der Waals surface area contributed by atoms with Gasteiger partial charge in [0.05, 0.1) is 17.8 Å². The van der Waals surface area contributed by atoms with Crippen LogP contribution in [0.5, 0.6) is 0 Å². The maximum atomic E-state index is 12.5. The molecule has 0 spiro atoms. The summed E-state index contributed by atoms with van der Waals surface area (Å²) in [5.74, 6) is 0. The average molecular weight is 301 g/mol. The van der Waals surface area contributed by atoms with Gasteiger partial charge in [0.15, 0.2) is 0 Å². The molecule has 1 saturated heterocycles. The van der Waals surface area contributed by atoms with Crippen LogP contribution in [0.3, 0.4) is 0 Å². The first-order valence-electron chi connectivity index (χ1n) is 7.26. The van der Waals surface area contributed by atoms with Crippen molar-refractivity contribution in [3.63, 3.8) is 0 Å². The van der Waals surface area contributed by atoms with Gasteiger partial charge in [-0.25, -0.2) is 4.79 Å². The molecule has 1 fully saturated rings. The SMILES string of the molecule is C[C@H](NC(=O)N1CCC[C@H]1c1ccsc1)c1ccccn1. The third-order valence-corrected chi connectivity index (χ3v) is 4.61. The number of likely N-dealkylation sites (tertiary alicyclic amines) is 1. The lowest BCUT2D eigenvalue weighted by molar-refractivity contribution is 0.189. The van der Waals surface area contributed by atoms with Crippen molar-refractivity contribution >= 4 is 17.4 Å². The number of hydrogen-bond acceptors (Lipinski definition) is 3. The minimum absolute atomic E-state index is 0.00172. The number of aromatic nitrogens is 1. The largest absolute Gasteiger partial charge is 0.330 e. The smallest absolute Gasteiger partial charge is 0.318 e. The molecule has 4 nitrogen and oxygen atoms in total. The van der Waals surface area contributed by atoms with E-state index < -0.39 is 0 Å². The number of carbonyl (C=O) groups excluding carboxylic acids is 1. The first-order chi connectivity index (χ1) is 10.3. The summed E-state index contributed by atoms with van der Waals surface area (Å²) in [4.78, 5) is 18.8. The number of nitrogens with zero attached hydrogens (tertiary/aromatic N) is 2. The summed E-state index contributed by atoms with van der Waals surface area (Å²) < 4.78 is 0. The molecule has 0 aromatic carbocycles. The van der Waals surface area contributed by atoms with Gasteiger partial charge in [0.25, 0.3) is 0 Å². The van der Waals surface area contributed by atoms with Crippen molar-refractivity contribution < 1.29 is 4.79 Å². The maximum absolute atomic E-state index is 12.5. The highest BCUT2D eigenvalue weighted by molar-refractivity contribution is 7.07. The first-order valence-corrected chi connectivity index (χ1v) is 8.20. The minimum atomic E-state index is -0.0811. The normalized spacial score (nSPS) is 19.5. The lowest BCUT2D eigenvalue weighted by Gasteiger charge is -2.26. The molecular weight excluding hydrogens is 282 g/mol. The van der Waals surface area contributed by atoms with Crippen molar-refractivity contribution in [3.8, 4) is 0 Å². The van der Waals surface area contributed by atoms with Crippen molar-refractivity contribution in [1.82, 2.24) is 15.2 Å². The minimum Gasteiger partial charge on any atom is -0.330 e. The molecule has 5 heteroatoms. The van der Waals surface area contributed by atoms with Crippen molar-refractivity contribution in [3.05, 3.63) is 52.5 Å². The monoisotopic (exact) mass is 301 g/mol. The fraction of sp³-hybridized carbons (Fsp3) is 0.375. The molecule has 0 bridgehead atoms. The van der Waals surface area contributed by atoms with Crippen LogP contribution in [0.25, 0.3) is 0 Å². The number of hydrogen-bond donors (Lipinski definition) is 1. The Morgan fingerprint density at radius 3 is 3.10 bits per heavy atom. The summed E-state index contributed by atoms with van der Waals surface area (Å²) in [5.41, 5.74) is 2.13. The molecule has 2 amide bonds. The van der Waals surface area contributed by atoms with E-state index >= 15 is 0 Å². The van der Waals surface area contributed by atoms with Gasteiger partial charge in [0.2, 0.25) is 0 Å². The third-order valence-electron chi connectivity index (χ3n) is 3.91. The van der Waals surface area contributed by atoms with Crippen molar-refractivity contribution in [2.75, 3.05) is 6.54 Å². The quantitative estimate of drug-likeness (QED) is 0.938.